The summed E-state index contributed by atoms with van der Waals surface area (Å²) in [5.41, 5.74) is 3.26. The summed E-state index contributed by atoms with van der Waals surface area (Å²) in [4.78, 5) is 20.4. The van der Waals surface area contributed by atoms with Gasteiger partial charge in [-0.1, -0.05) is 46.8 Å². The molecule has 2 aromatic heterocycles. The number of hydrogen-bond acceptors (Lipinski definition) is 7. The minimum Gasteiger partial charge on any atom is -0.481 e. The van der Waals surface area contributed by atoms with Crippen molar-refractivity contribution in [2.75, 3.05) is 5.32 Å². The summed E-state index contributed by atoms with van der Waals surface area (Å²) in [5.74, 6) is -0.514. The molecule has 2 heterocycles. The number of carbonyl (C=O) groups is 1. The molecule has 0 saturated heterocycles. The number of aliphatic carboxylic acids is 1. The van der Waals surface area contributed by atoms with Crippen molar-refractivity contribution in [1.82, 2.24) is 19.7 Å². The monoisotopic (exact) mass is 525 g/mol. The molecule has 0 aliphatic heterocycles. The number of anilines is 2. The first-order chi connectivity index (χ1) is 17.7. The molecule has 4 N–H and O–H groups in total. The molecule has 0 bridgehead atoms. The molecule has 2 atom stereocenters. The smallest absolute Gasteiger partial charge is 0.305 e. The molecule has 0 fully saturated rings. The van der Waals surface area contributed by atoms with E-state index in [1.807, 2.05) is 27.0 Å². The van der Waals surface area contributed by atoms with Crippen LogP contribution in [0.1, 0.15) is 70.3 Å². The highest BCUT2D eigenvalue weighted by atomic mass is 19.1. The van der Waals surface area contributed by atoms with Gasteiger partial charge in [0.1, 0.15) is 11.6 Å². The van der Waals surface area contributed by atoms with Crippen molar-refractivity contribution in [1.29, 1.82) is 0 Å². The number of nitrogens with zero attached hydrogens (tertiary/aromatic N) is 4. The fourth-order valence-electron chi connectivity index (χ4n) is 3.89. The fourth-order valence-corrected chi connectivity index (χ4v) is 3.89. The Morgan fingerprint density at radius 3 is 2.37 bits per heavy atom. The van der Waals surface area contributed by atoms with Gasteiger partial charge in [0.15, 0.2) is 0 Å². The molecule has 0 saturated carbocycles. The van der Waals surface area contributed by atoms with E-state index in [0.717, 1.165) is 5.69 Å². The number of benzene rings is 1. The molecule has 0 aliphatic rings. The highest BCUT2D eigenvalue weighted by Crippen LogP contribution is 2.32. The number of nitrogens with one attached hydrogen (secondary N) is 1. The predicted molar refractivity (Wildman–Crippen MR) is 145 cm³/mol. The van der Waals surface area contributed by atoms with Crippen LogP contribution in [-0.4, -0.2) is 53.2 Å². The van der Waals surface area contributed by atoms with Gasteiger partial charge in [0.25, 0.3) is 0 Å². The van der Waals surface area contributed by atoms with Crippen LogP contribution in [0, 0.1) is 5.82 Å². The minimum atomic E-state index is -1.19. The topological polar surface area (TPSA) is 133 Å². The summed E-state index contributed by atoms with van der Waals surface area (Å²) in [6, 6.07) is 7.89. The maximum atomic E-state index is 13.7. The van der Waals surface area contributed by atoms with Crippen LogP contribution in [0.25, 0.3) is 17.3 Å². The van der Waals surface area contributed by atoms with E-state index >= 15 is 0 Å². The van der Waals surface area contributed by atoms with Gasteiger partial charge < -0.3 is 20.6 Å². The molecule has 38 heavy (non-hydrogen) atoms. The third-order valence-corrected chi connectivity index (χ3v) is 5.94. The lowest BCUT2D eigenvalue weighted by Gasteiger charge is -2.17. The molecule has 10 heteroatoms. The van der Waals surface area contributed by atoms with E-state index < -0.39 is 24.6 Å². The van der Waals surface area contributed by atoms with E-state index in [9.17, 15) is 19.4 Å². The first-order valence-corrected chi connectivity index (χ1v) is 12.5. The van der Waals surface area contributed by atoms with Crippen molar-refractivity contribution in [2.45, 2.75) is 71.0 Å². The summed E-state index contributed by atoms with van der Waals surface area (Å²) in [7, 11) is 1.83. The summed E-state index contributed by atoms with van der Waals surface area (Å²) >= 11 is 0. The van der Waals surface area contributed by atoms with Gasteiger partial charge in [0, 0.05) is 36.1 Å². The summed E-state index contributed by atoms with van der Waals surface area (Å²) in [6.07, 6.45) is 0.270. The van der Waals surface area contributed by atoms with Gasteiger partial charge in [0.2, 0.25) is 5.95 Å². The zero-order chi connectivity index (χ0) is 28.2. The number of aromatic nitrogens is 4. The van der Waals surface area contributed by atoms with Gasteiger partial charge in [-0.05, 0) is 30.2 Å². The Morgan fingerprint density at radius 1 is 1.16 bits per heavy atom. The standard InChI is InChI=1S/C28H36FN5O4/c1-16(2)25-21(12-11-19(35)13-20(36)14-24(37)38)26(17-7-9-18(29)10-8-17)32-27(31-25)30-23-15-22(28(3,4)5)33-34(23)6/h7-12,15-16,19-20,35-36H,13-14H2,1-6H3,(H,37,38)(H,30,31,32)/t19-,20-/m1/s1. The van der Waals surface area contributed by atoms with E-state index in [2.05, 4.69) is 31.2 Å². The van der Waals surface area contributed by atoms with E-state index in [1.165, 1.54) is 18.2 Å². The van der Waals surface area contributed by atoms with Gasteiger partial charge >= 0.3 is 5.97 Å². The quantitative estimate of drug-likeness (QED) is 0.297. The predicted octanol–water partition coefficient (Wildman–Crippen LogP) is 4.78. The van der Waals surface area contributed by atoms with E-state index in [-0.39, 0.29) is 23.6 Å². The number of carboxylic acid groups (broad SMARTS) is 1. The fraction of sp³-hybridized carbons (Fsp3) is 0.429. The van der Waals surface area contributed by atoms with Crippen molar-refractivity contribution in [3.05, 3.63) is 59.2 Å². The van der Waals surface area contributed by atoms with Crippen molar-refractivity contribution in [2.24, 2.45) is 7.05 Å². The number of carboxylic acids is 1. The van der Waals surface area contributed by atoms with Crippen molar-refractivity contribution >= 4 is 23.8 Å². The lowest BCUT2D eigenvalue weighted by atomic mass is 9.92. The summed E-state index contributed by atoms with van der Waals surface area (Å²) < 4.78 is 15.4. The SMILES string of the molecule is CC(C)c1nc(Nc2cc(C(C)(C)C)nn2C)nc(-c2ccc(F)cc2)c1C=C[C@@H](O)C[C@@H](O)CC(=O)O. The molecule has 0 aliphatic carbocycles. The zero-order valence-corrected chi connectivity index (χ0v) is 22.6. The third kappa shape index (κ3) is 7.45. The highest BCUT2D eigenvalue weighted by molar-refractivity contribution is 5.75. The Labute approximate surface area is 222 Å². The molecule has 9 nitrogen and oxygen atoms in total. The lowest BCUT2D eigenvalue weighted by molar-refractivity contribution is -0.139. The van der Waals surface area contributed by atoms with Crippen LogP contribution < -0.4 is 5.32 Å². The second kappa shape index (κ2) is 11.8. The molecule has 0 spiro atoms. The van der Waals surface area contributed by atoms with Crippen LogP contribution in [0.5, 0.6) is 0 Å². The Balaban J connectivity index is 2.07. The van der Waals surface area contributed by atoms with E-state index in [4.69, 9.17) is 15.1 Å². The highest BCUT2D eigenvalue weighted by Gasteiger charge is 2.21. The molecule has 0 radical (unpaired) electrons. The van der Waals surface area contributed by atoms with E-state index in [0.29, 0.717) is 34.3 Å². The normalized spacial score (nSPS) is 13.7. The Morgan fingerprint density at radius 2 is 1.82 bits per heavy atom. The number of hydrogen-bond donors (Lipinski definition) is 4. The maximum absolute atomic E-state index is 13.7. The van der Waals surface area contributed by atoms with Crippen LogP contribution in [0.4, 0.5) is 16.2 Å². The molecule has 3 rings (SSSR count). The van der Waals surface area contributed by atoms with Crippen LogP contribution in [0.2, 0.25) is 0 Å². The van der Waals surface area contributed by atoms with Crippen LogP contribution >= 0.6 is 0 Å². The van der Waals surface area contributed by atoms with Gasteiger partial charge in [-0.15, -0.1) is 0 Å². The first-order valence-electron chi connectivity index (χ1n) is 12.5. The molecule has 3 aromatic rings. The second-order valence-electron chi connectivity index (χ2n) is 10.7. The molecule has 204 valence electrons. The average Bonchev–Trinajstić information content (AvgIpc) is 3.18. The van der Waals surface area contributed by atoms with Gasteiger partial charge in [-0.2, -0.15) is 5.10 Å². The number of halogens is 1. The maximum Gasteiger partial charge on any atom is 0.305 e. The number of rotatable bonds is 10. The lowest BCUT2D eigenvalue weighted by Crippen LogP contribution is -2.19. The van der Waals surface area contributed by atoms with E-state index in [1.54, 1.807) is 22.9 Å². The Kier molecular flexibility index (Phi) is 9.01. The first kappa shape index (κ1) is 28.9. The molecule has 1 aromatic carbocycles. The van der Waals surface area contributed by atoms with Crippen LogP contribution in [-0.2, 0) is 17.3 Å². The van der Waals surface area contributed by atoms with Crippen LogP contribution in [0.15, 0.2) is 36.4 Å². The number of aliphatic hydroxyl groups is 2. The summed E-state index contributed by atoms with van der Waals surface area (Å²) in [5, 5.41) is 37.0. The van der Waals surface area contributed by atoms with Crippen molar-refractivity contribution in [3.8, 4) is 11.3 Å². The average molecular weight is 526 g/mol. The second-order valence-corrected chi connectivity index (χ2v) is 10.7. The Hall–Kier alpha value is -3.63. The van der Waals surface area contributed by atoms with Crippen molar-refractivity contribution < 1.29 is 24.5 Å². The number of aryl methyl sites for hydroxylation is 1. The van der Waals surface area contributed by atoms with Gasteiger partial charge in [-0.3, -0.25) is 9.48 Å². The van der Waals surface area contributed by atoms with Gasteiger partial charge in [0.05, 0.1) is 35.7 Å². The van der Waals surface area contributed by atoms with Crippen molar-refractivity contribution in [3.63, 3.8) is 0 Å². The molecular weight excluding hydrogens is 489 g/mol. The molecule has 0 unspecified atom stereocenters. The molecular formula is C28H36FN5O4. The minimum absolute atomic E-state index is 0.0381. The Bertz CT molecular complexity index is 1300. The molecule has 0 amide bonds. The van der Waals surface area contributed by atoms with Gasteiger partial charge in [-0.25, -0.2) is 14.4 Å². The zero-order valence-electron chi connectivity index (χ0n) is 22.6. The third-order valence-electron chi connectivity index (χ3n) is 5.94. The largest absolute Gasteiger partial charge is 0.481 e. The summed E-state index contributed by atoms with van der Waals surface area (Å²) in [6.45, 7) is 10.2. The van der Waals surface area contributed by atoms with Crippen LogP contribution in [0.3, 0.4) is 0 Å². The number of aliphatic hydroxyl groups excluding tert-OH is 2.